The van der Waals surface area contributed by atoms with Gasteiger partial charge in [0.25, 0.3) is 0 Å². The number of hydrogen-bond donors (Lipinski definition) is 2. The summed E-state index contributed by atoms with van der Waals surface area (Å²) in [6.45, 7) is 4.87. The van der Waals surface area contributed by atoms with Crippen molar-refractivity contribution in [3.8, 4) is 0 Å². The summed E-state index contributed by atoms with van der Waals surface area (Å²) in [7, 11) is 0. The number of carbonyl (C=O) groups is 1. The van der Waals surface area contributed by atoms with Crippen LogP contribution in [0.3, 0.4) is 0 Å². The van der Waals surface area contributed by atoms with E-state index >= 15 is 0 Å². The van der Waals surface area contributed by atoms with Gasteiger partial charge in [0.05, 0.1) is 12.1 Å². The maximum Gasteiger partial charge on any atom is 0.237 e. The Hall–Kier alpha value is -0.610. The van der Waals surface area contributed by atoms with Crippen LogP contribution in [-0.4, -0.2) is 46.7 Å². The normalized spacial score (nSPS) is 28.0. The highest BCUT2D eigenvalue weighted by Crippen LogP contribution is 2.23. The van der Waals surface area contributed by atoms with Crippen molar-refractivity contribution in [2.24, 2.45) is 0 Å². The summed E-state index contributed by atoms with van der Waals surface area (Å²) in [6, 6.07) is 0.659. The van der Waals surface area contributed by atoms with Crippen molar-refractivity contribution in [1.29, 1.82) is 0 Å². The van der Waals surface area contributed by atoms with Crippen molar-refractivity contribution in [2.45, 2.75) is 95.9 Å². The van der Waals surface area contributed by atoms with E-state index in [1.54, 1.807) is 0 Å². The van der Waals surface area contributed by atoms with Gasteiger partial charge in [0.15, 0.2) is 0 Å². The number of nitrogens with one attached hydrogen (secondary N) is 1. The summed E-state index contributed by atoms with van der Waals surface area (Å²) in [5, 5.41) is 13.0. The fraction of sp³-hybridized carbons (Fsp3) is 0.941. The summed E-state index contributed by atoms with van der Waals surface area (Å²) in [6.07, 6.45) is 9.96. The first-order chi connectivity index (χ1) is 10.1. The fourth-order valence-electron chi connectivity index (χ4n) is 3.90. The molecule has 122 valence electrons. The lowest BCUT2D eigenvalue weighted by Gasteiger charge is -2.35. The van der Waals surface area contributed by atoms with Crippen molar-refractivity contribution in [3.63, 3.8) is 0 Å². The van der Waals surface area contributed by atoms with Gasteiger partial charge in [-0.3, -0.25) is 9.69 Å². The maximum atomic E-state index is 12.5. The molecule has 2 N–H and O–H groups in total. The van der Waals surface area contributed by atoms with E-state index in [9.17, 15) is 9.90 Å². The Balaban J connectivity index is 1.94. The summed E-state index contributed by atoms with van der Waals surface area (Å²) in [5.74, 6) is 0.180. The van der Waals surface area contributed by atoms with Gasteiger partial charge in [0.1, 0.15) is 0 Å². The molecule has 1 saturated heterocycles. The van der Waals surface area contributed by atoms with Gasteiger partial charge in [-0.15, -0.1) is 0 Å². The molecule has 4 heteroatoms. The third-order valence-electron chi connectivity index (χ3n) is 5.11. The highest BCUT2D eigenvalue weighted by molar-refractivity contribution is 5.81. The van der Waals surface area contributed by atoms with E-state index < -0.39 is 0 Å². The molecular weight excluding hydrogens is 264 g/mol. The van der Waals surface area contributed by atoms with Crippen LogP contribution in [0.4, 0.5) is 0 Å². The van der Waals surface area contributed by atoms with E-state index in [2.05, 4.69) is 10.2 Å². The second kappa shape index (κ2) is 8.14. The Morgan fingerprint density at radius 3 is 2.48 bits per heavy atom. The largest absolute Gasteiger partial charge is 0.393 e. The summed E-state index contributed by atoms with van der Waals surface area (Å²) < 4.78 is 0. The molecule has 0 aromatic carbocycles. The van der Waals surface area contributed by atoms with Crippen molar-refractivity contribution in [3.05, 3.63) is 0 Å². The SMILES string of the molecule is CC(O)CC1CCCCCN1C(C)C(=O)NC1CCCC1. The van der Waals surface area contributed by atoms with Crippen LogP contribution >= 0.6 is 0 Å². The van der Waals surface area contributed by atoms with Gasteiger partial charge in [-0.1, -0.05) is 25.7 Å². The second-order valence-electron chi connectivity index (χ2n) is 6.99. The first-order valence-electron chi connectivity index (χ1n) is 8.82. The average molecular weight is 296 g/mol. The number of aliphatic hydroxyl groups is 1. The number of rotatable bonds is 5. The number of amides is 1. The Labute approximate surface area is 129 Å². The molecule has 1 heterocycles. The molecule has 1 amide bonds. The van der Waals surface area contributed by atoms with Crippen LogP contribution in [0, 0.1) is 0 Å². The van der Waals surface area contributed by atoms with Gasteiger partial charge < -0.3 is 10.4 Å². The Morgan fingerprint density at radius 1 is 1.14 bits per heavy atom. The topological polar surface area (TPSA) is 52.6 Å². The minimum absolute atomic E-state index is 0.0764. The predicted molar refractivity (Wildman–Crippen MR) is 85.1 cm³/mol. The number of aliphatic hydroxyl groups excluding tert-OH is 1. The van der Waals surface area contributed by atoms with Crippen molar-refractivity contribution >= 4 is 5.91 Å². The molecule has 4 nitrogen and oxygen atoms in total. The smallest absolute Gasteiger partial charge is 0.237 e. The van der Waals surface area contributed by atoms with Crippen LogP contribution in [0.2, 0.25) is 0 Å². The zero-order valence-electron chi connectivity index (χ0n) is 13.7. The predicted octanol–water partition coefficient (Wildman–Crippen LogP) is 2.45. The highest BCUT2D eigenvalue weighted by Gasteiger charge is 2.31. The highest BCUT2D eigenvalue weighted by atomic mass is 16.3. The van der Waals surface area contributed by atoms with E-state index in [0.717, 1.165) is 38.6 Å². The molecule has 0 spiro atoms. The molecule has 1 aliphatic carbocycles. The molecule has 0 bridgehead atoms. The third-order valence-corrected chi connectivity index (χ3v) is 5.11. The number of likely N-dealkylation sites (tertiary alicyclic amines) is 1. The molecule has 1 saturated carbocycles. The molecule has 2 aliphatic rings. The third kappa shape index (κ3) is 4.96. The first-order valence-corrected chi connectivity index (χ1v) is 8.82. The molecule has 0 aromatic rings. The Bertz CT molecular complexity index is 327. The molecule has 0 radical (unpaired) electrons. The second-order valence-corrected chi connectivity index (χ2v) is 6.99. The van der Waals surface area contributed by atoms with E-state index in [1.165, 1.54) is 25.7 Å². The van der Waals surface area contributed by atoms with Crippen LogP contribution in [-0.2, 0) is 4.79 Å². The standard InChI is InChI=1S/C17H32N2O2/c1-13(20)12-16-10-4-3-7-11-19(16)14(2)17(21)18-15-8-5-6-9-15/h13-16,20H,3-12H2,1-2H3,(H,18,21). The fourth-order valence-corrected chi connectivity index (χ4v) is 3.90. The van der Waals surface area contributed by atoms with Crippen LogP contribution in [0.25, 0.3) is 0 Å². The number of nitrogens with zero attached hydrogens (tertiary/aromatic N) is 1. The lowest BCUT2D eigenvalue weighted by atomic mass is 10.0. The summed E-state index contributed by atoms with van der Waals surface area (Å²) >= 11 is 0. The summed E-state index contributed by atoms with van der Waals surface area (Å²) in [4.78, 5) is 14.9. The molecule has 1 aliphatic heterocycles. The van der Waals surface area contributed by atoms with Crippen LogP contribution in [0.1, 0.15) is 71.6 Å². The van der Waals surface area contributed by atoms with Crippen LogP contribution in [0.5, 0.6) is 0 Å². The minimum atomic E-state index is -0.291. The van der Waals surface area contributed by atoms with Gasteiger partial charge in [0, 0.05) is 12.1 Å². The molecule has 21 heavy (non-hydrogen) atoms. The number of hydrogen-bond acceptors (Lipinski definition) is 3. The lowest BCUT2D eigenvalue weighted by molar-refractivity contribution is -0.127. The van der Waals surface area contributed by atoms with E-state index in [4.69, 9.17) is 0 Å². The van der Waals surface area contributed by atoms with E-state index in [1.807, 2.05) is 13.8 Å². The molecular formula is C17H32N2O2. The van der Waals surface area contributed by atoms with Crippen LogP contribution < -0.4 is 5.32 Å². The lowest BCUT2D eigenvalue weighted by Crippen LogP contribution is -2.51. The van der Waals surface area contributed by atoms with Crippen molar-refractivity contribution in [2.75, 3.05) is 6.54 Å². The molecule has 3 unspecified atom stereocenters. The first kappa shape index (κ1) is 16.8. The molecule has 2 rings (SSSR count). The summed E-state index contributed by atoms with van der Waals surface area (Å²) in [5.41, 5.74) is 0. The average Bonchev–Trinajstić information content (AvgIpc) is 2.83. The van der Waals surface area contributed by atoms with Crippen LogP contribution in [0.15, 0.2) is 0 Å². The van der Waals surface area contributed by atoms with Gasteiger partial charge in [-0.05, 0) is 52.5 Å². The quantitative estimate of drug-likeness (QED) is 0.819. The van der Waals surface area contributed by atoms with Gasteiger partial charge >= 0.3 is 0 Å². The zero-order valence-corrected chi connectivity index (χ0v) is 13.7. The molecule has 0 aromatic heterocycles. The number of carbonyl (C=O) groups excluding carboxylic acids is 1. The van der Waals surface area contributed by atoms with Crippen molar-refractivity contribution < 1.29 is 9.90 Å². The Kier molecular flexibility index (Phi) is 6.49. The van der Waals surface area contributed by atoms with Gasteiger partial charge in [-0.25, -0.2) is 0 Å². The molecule has 2 fully saturated rings. The maximum absolute atomic E-state index is 12.5. The van der Waals surface area contributed by atoms with Gasteiger partial charge in [0.2, 0.25) is 5.91 Å². The van der Waals surface area contributed by atoms with Gasteiger partial charge in [-0.2, -0.15) is 0 Å². The van der Waals surface area contributed by atoms with E-state index in [0.29, 0.717) is 12.1 Å². The minimum Gasteiger partial charge on any atom is -0.393 e. The zero-order chi connectivity index (χ0) is 15.2. The monoisotopic (exact) mass is 296 g/mol. The van der Waals surface area contributed by atoms with E-state index in [-0.39, 0.29) is 18.1 Å². The molecule has 3 atom stereocenters. The Morgan fingerprint density at radius 2 is 1.81 bits per heavy atom. The van der Waals surface area contributed by atoms with Crippen molar-refractivity contribution in [1.82, 2.24) is 10.2 Å².